The second kappa shape index (κ2) is 4.59. The van der Waals surface area contributed by atoms with Crippen LogP contribution >= 0.6 is 0 Å². The lowest BCUT2D eigenvalue weighted by atomic mass is 9.63. The van der Waals surface area contributed by atoms with Crippen molar-refractivity contribution < 1.29 is 23.8 Å². The Bertz CT molecular complexity index is 593. The molecule has 1 heterocycles. The van der Waals surface area contributed by atoms with Crippen molar-refractivity contribution in [3.8, 4) is 0 Å². The van der Waals surface area contributed by atoms with E-state index in [1.165, 1.54) is 25.5 Å². The van der Waals surface area contributed by atoms with Gasteiger partial charge in [-0.2, -0.15) is 0 Å². The van der Waals surface area contributed by atoms with Crippen LogP contribution in [0.1, 0.15) is 43.3 Å². The second-order valence-corrected chi connectivity index (χ2v) is 5.72. The van der Waals surface area contributed by atoms with E-state index in [2.05, 4.69) is 0 Å². The fourth-order valence-electron chi connectivity index (χ4n) is 2.84. The predicted molar refractivity (Wildman–Crippen MR) is 71.1 cm³/mol. The smallest absolute Gasteiger partial charge is 0.341 e. The van der Waals surface area contributed by atoms with Crippen molar-refractivity contribution in [2.45, 2.75) is 32.8 Å². The van der Waals surface area contributed by atoms with Gasteiger partial charge in [-0.3, -0.25) is 4.79 Å². The summed E-state index contributed by atoms with van der Waals surface area (Å²) in [5, 5.41) is 11.1. The zero-order chi connectivity index (χ0) is 15.1. The summed E-state index contributed by atoms with van der Waals surface area (Å²) >= 11 is 0. The normalized spacial score (nSPS) is 25.2. The molecule has 0 aromatic carbocycles. The van der Waals surface area contributed by atoms with E-state index in [9.17, 15) is 14.7 Å². The molecular weight excluding hydrogens is 260 g/mol. The Kier molecular flexibility index (Phi) is 3.34. The van der Waals surface area contributed by atoms with Gasteiger partial charge in [0.05, 0.1) is 13.4 Å². The minimum atomic E-state index is -1.52. The molecule has 0 fully saturated rings. The van der Waals surface area contributed by atoms with E-state index in [4.69, 9.17) is 9.15 Å². The molecule has 108 valence electrons. The molecule has 5 heteroatoms. The number of hydrogen-bond donors (Lipinski definition) is 1. The Labute approximate surface area is 117 Å². The van der Waals surface area contributed by atoms with Crippen LogP contribution in [0.2, 0.25) is 0 Å². The van der Waals surface area contributed by atoms with Gasteiger partial charge < -0.3 is 14.3 Å². The lowest BCUT2D eigenvalue weighted by Gasteiger charge is -2.44. The van der Waals surface area contributed by atoms with E-state index < -0.39 is 17.0 Å². The molecule has 1 N–H and O–H groups in total. The minimum absolute atomic E-state index is 0.0525. The molecule has 1 unspecified atom stereocenters. The molecule has 20 heavy (non-hydrogen) atoms. The van der Waals surface area contributed by atoms with E-state index in [0.29, 0.717) is 5.57 Å². The van der Waals surface area contributed by atoms with Crippen LogP contribution in [0.4, 0.5) is 0 Å². The number of carbonyl (C=O) groups is 2. The van der Waals surface area contributed by atoms with Gasteiger partial charge in [0.1, 0.15) is 11.2 Å². The van der Waals surface area contributed by atoms with Crippen LogP contribution in [0.5, 0.6) is 0 Å². The van der Waals surface area contributed by atoms with Crippen molar-refractivity contribution in [3.05, 3.63) is 35.3 Å². The van der Waals surface area contributed by atoms with Crippen LogP contribution < -0.4 is 0 Å². The summed E-state index contributed by atoms with van der Waals surface area (Å²) < 4.78 is 10.1. The van der Waals surface area contributed by atoms with Crippen molar-refractivity contribution in [1.29, 1.82) is 0 Å². The molecule has 0 amide bonds. The number of furan rings is 1. The lowest BCUT2D eigenvalue weighted by molar-refractivity contribution is -0.126. The molecule has 2 rings (SSSR count). The number of hydrogen-bond acceptors (Lipinski definition) is 5. The first kappa shape index (κ1) is 14.5. The van der Waals surface area contributed by atoms with E-state index >= 15 is 0 Å². The molecule has 1 aliphatic rings. The maximum Gasteiger partial charge on any atom is 0.341 e. The van der Waals surface area contributed by atoms with Gasteiger partial charge in [0.25, 0.3) is 0 Å². The second-order valence-electron chi connectivity index (χ2n) is 5.72. The van der Waals surface area contributed by atoms with Gasteiger partial charge >= 0.3 is 5.97 Å². The van der Waals surface area contributed by atoms with Gasteiger partial charge in [0.15, 0.2) is 11.5 Å². The Hall–Kier alpha value is -1.88. The van der Waals surface area contributed by atoms with Crippen LogP contribution in [-0.2, 0) is 15.1 Å². The maximum atomic E-state index is 11.8. The zero-order valence-corrected chi connectivity index (χ0v) is 12.0. The van der Waals surface area contributed by atoms with Crippen LogP contribution in [0.15, 0.2) is 28.4 Å². The zero-order valence-electron chi connectivity index (χ0n) is 12.0. The molecule has 0 spiro atoms. The summed E-state index contributed by atoms with van der Waals surface area (Å²) in [6.07, 6.45) is 2.90. The first-order chi connectivity index (χ1) is 9.24. The van der Waals surface area contributed by atoms with E-state index in [0.717, 1.165) is 0 Å². The first-order valence-electron chi connectivity index (χ1n) is 6.34. The number of carbonyl (C=O) groups excluding carboxylic acids is 2. The van der Waals surface area contributed by atoms with E-state index in [1.54, 1.807) is 20.8 Å². The Morgan fingerprint density at radius 1 is 1.45 bits per heavy atom. The molecule has 1 aromatic heterocycles. The highest BCUT2D eigenvalue weighted by Gasteiger charge is 2.53. The van der Waals surface area contributed by atoms with Gasteiger partial charge in [0.2, 0.25) is 0 Å². The van der Waals surface area contributed by atoms with Crippen molar-refractivity contribution in [2.75, 3.05) is 7.11 Å². The summed E-state index contributed by atoms with van der Waals surface area (Å²) in [7, 11) is 1.27. The number of esters is 1. The highest BCUT2D eigenvalue weighted by molar-refractivity contribution is 5.94. The highest BCUT2D eigenvalue weighted by atomic mass is 16.5. The third-order valence-corrected chi connectivity index (χ3v) is 3.94. The van der Waals surface area contributed by atoms with Gasteiger partial charge in [-0.25, -0.2) is 4.79 Å². The largest absolute Gasteiger partial charge is 0.465 e. The number of rotatable bonds is 2. The maximum absolute atomic E-state index is 11.8. The first-order valence-corrected chi connectivity index (χ1v) is 6.34. The molecule has 0 saturated carbocycles. The van der Waals surface area contributed by atoms with Crippen LogP contribution in [0, 0.1) is 5.41 Å². The van der Waals surface area contributed by atoms with Gasteiger partial charge in [-0.15, -0.1) is 0 Å². The molecule has 0 bridgehead atoms. The molecular formula is C15H18O5. The third kappa shape index (κ3) is 1.89. The van der Waals surface area contributed by atoms with Crippen LogP contribution in [0.25, 0.3) is 0 Å². The van der Waals surface area contributed by atoms with Crippen molar-refractivity contribution >= 4 is 11.8 Å². The monoisotopic (exact) mass is 278 g/mol. The fourth-order valence-corrected chi connectivity index (χ4v) is 2.84. The minimum Gasteiger partial charge on any atom is -0.465 e. The molecule has 1 aromatic rings. The van der Waals surface area contributed by atoms with Crippen molar-refractivity contribution in [2.24, 2.45) is 5.41 Å². The molecule has 1 atom stereocenters. The average Bonchev–Trinajstić information content (AvgIpc) is 2.83. The van der Waals surface area contributed by atoms with E-state index in [-0.39, 0.29) is 23.5 Å². The number of aliphatic hydroxyl groups is 1. The highest BCUT2D eigenvalue weighted by Crippen LogP contribution is 2.51. The van der Waals surface area contributed by atoms with Crippen LogP contribution in [-0.4, -0.2) is 24.0 Å². The van der Waals surface area contributed by atoms with Crippen molar-refractivity contribution in [3.63, 3.8) is 0 Å². The molecule has 0 saturated heterocycles. The number of ketones is 1. The van der Waals surface area contributed by atoms with Crippen molar-refractivity contribution in [1.82, 2.24) is 0 Å². The summed E-state index contributed by atoms with van der Waals surface area (Å²) in [5.41, 5.74) is -1.68. The summed E-state index contributed by atoms with van der Waals surface area (Å²) in [6.45, 7) is 5.19. The van der Waals surface area contributed by atoms with Gasteiger partial charge in [-0.05, 0) is 24.6 Å². The molecule has 5 nitrogen and oxygen atoms in total. The standard InChI is InChI=1S/C15H18O5/c1-9-7-10(16)8-14(2,3)15(9,18)12-11(5-6-20-12)13(17)19-4/h5-7,18H,8H2,1-4H3. The SMILES string of the molecule is COC(=O)c1ccoc1C1(O)C(C)=CC(=O)CC1(C)C. The Morgan fingerprint density at radius 3 is 2.65 bits per heavy atom. The summed E-state index contributed by atoms with van der Waals surface area (Å²) in [4.78, 5) is 23.5. The van der Waals surface area contributed by atoms with Crippen LogP contribution in [0.3, 0.4) is 0 Å². The number of allylic oxidation sites excluding steroid dienone is 1. The molecule has 1 aliphatic carbocycles. The van der Waals surface area contributed by atoms with Gasteiger partial charge in [-0.1, -0.05) is 13.8 Å². The third-order valence-electron chi connectivity index (χ3n) is 3.94. The fraction of sp³-hybridized carbons (Fsp3) is 0.467. The molecule has 0 aliphatic heterocycles. The molecule has 0 radical (unpaired) electrons. The average molecular weight is 278 g/mol. The van der Waals surface area contributed by atoms with Gasteiger partial charge in [0, 0.05) is 11.8 Å². The van der Waals surface area contributed by atoms with E-state index in [1.807, 2.05) is 0 Å². The number of methoxy groups -OCH3 is 1. The summed E-state index contributed by atoms with van der Waals surface area (Å²) in [6, 6.07) is 1.46. The Balaban J connectivity index is 2.65. The quantitative estimate of drug-likeness (QED) is 0.839. The summed E-state index contributed by atoms with van der Waals surface area (Å²) in [5.74, 6) is -0.512. The predicted octanol–water partition coefficient (Wildman–Crippen LogP) is 2.20. The Morgan fingerprint density at radius 2 is 2.10 bits per heavy atom. The topological polar surface area (TPSA) is 76.7 Å². The lowest BCUT2D eigenvalue weighted by Crippen LogP contribution is -2.47. The number of ether oxygens (including phenoxy) is 1.